The number of anilines is 1. The highest BCUT2D eigenvalue weighted by atomic mass is 32.1. The fourth-order valence-electron chi connectivity index (χ4n) is 4.48. The molecule has 1 N–H and O–H groups in total. The van der Waals surface area contributed by atoms with E-state index >= 15 is 0 Å². The van der Waals surface area contributed by atoms with Gasteiger partial charge in [-0.15, -0.1) is 0 Å². The molecule has 1 fully saturated rings. The van der Waals surface area contributed by atoms with Crippen molar-refractivity contribution in [1.29, 1.82) is 0 Å². The molecule has 1 aliphatic heterocycles. The van der Waals surface area contributed by atoms with Gasteiger partial charge in [0.1, 0.15) is 11.5 Å². The van der Waals surface area contributed by atoms with Crippen LogP contribution in [0.5, 0.6) is 5.75 Å². The Balaban J connectivity index is 1.72. The van der Waals surface area contributed by atoms with Gasteiger partial charge in [0, 0.05) is 5.56 Å². The molecular formula is C29H26N2O4S. The van der Waals surface area contributed by atoms with E-state index in [0.29, 0.717) is 28.6 Å². The Labute approximate surface area is 213 Å². The molecule has 0 aliphatic carbocycles. The second-order valence-corrected chi connectivity index (χ2v) is 9.97. The van der Waals surface area contributed by atoms with Crippen molar-refractivity contribution in [2.45, 2.75) is 33.7 Å². The van der Waals surface area contributed by atoms with Crippen molar-refractivity contribution in [3.63, 3.8) is 0 Å². The molecule has 1 amide bonds. The summed E-state index contributed by atoms with van der Waals surface area (Å²) < 4.78 is 6.45. The number of ether oxygens (including phenoxy) is 1. The van der Waals surface area contributed by atoms with Crippen LogP contribution in [0.3, 0.4) is 0 Å². The third-order valence-electron chi connectivity index (χ3n) is 6.35. The lowest BCUT2D eigenvalue weighted by Gasteiger charge is -2.23. The van der Waals surface area contributed by atoms with Crippen LogP contribution in [0.15, 0.2) is 66.2 Å². The molecule has 36 heavy (non-hydrogen) atoms. The standard InChI is InChI=1S/C29H26N2O4S/c1-5-35-20-12-13-22-23(15-20)36-29(30-22)31-25(19-10-7-16(2)8-11-19)24(27(33)28(31)34)26(32)21-14-17(3)6-9-18(21)4/h6-15,25,32H,5H2,1-4H3/b26-24+. The quantitative estimate of drug-likeness (QED) is 0.200. The highest BCUT2D eigenvalue weighted by molar-refractivity contribution is 7.22. The molecule has 6 nitrogen and oxygen atoms in total. The van der Waals surface area contributed by atoms with Crippen molar-refractivity contribution in [2.75, 3.05) is 11.5 Å². The van der Waals surface area contributed by atoms with Gasteiger partial charge in [0.25, 0.3) is 5.78 Å². The third kappa shape index (κ3) is 4.05. The van der Waals surface area contributed by atoms with Gasteiger partial charge in [-0.25, -0.2) is 4.98 Å². The van der Waals surface area contributed by atoms with Crippen molar-refractivity contribution >= 4 is 44.1 Å². The monoisotopic (exact) mass is 498 g/mol. The summed E-state index contributed by atoms with van der Waals surface area (Å²) in [6.07, 6.45) is 0. The molecule has 4 aromatic rings. The maximum absolute atomic E-state index is 13.5. The number of aliphatic hydroxyl groups is 1. The van der Waals surface area contributed by atoms with Crippen LogP contribution in [0.1, 0.15) is 40.8 Å². The first-order valence-electron chi connectivity index (χ1n) is 11.8. The normalized spacial score (nSPS) is 17.2. The lowest BCUT2D eigenvalue weighted by molar-refractivity contribution is -0.132. The smallest absolute Gasteiger partial charge is 0.301 e. The number of nitrogens with zero attached hydrogens (tertiary/aromatic N) is 2. The lowest BCUT2D eigenvalue weighted by Crippen LogP contribution is -2.29. The number of hydrogen-bond donors (Lipinski definition) is 1. The number of aliphatic hydroxyl groups excluding tert-OH is 1. The molecular weight excluding hydrogens is 472 g/mol. The van der Waals surface area contributed by atoms with Gasteiger partial charge in [0.05, 0.1) is 28.4 Å². The molecule has 182 valence electrons. The lowest BCUT2D eigenvalue weighted by atomic mass is 9.93. The van der Waals surface area contributed by atoms with Gasteiger partial charge >= 0.3 is 5.91 Å². The fourth-order valence-corrected chi connectivity index (χ4v) is 5.50. The molecule has 0 bridgehead atoms. The molecule has 1 unspecified atom stereocenters. The number of ketones is 1. The zero-order chi connectivity index (χ0) is 25.6. The molecule has 1 aliphatic rings. The highest BCUT2D eigenvalue weighted by Gasteiger charge is 2.48. The van der Waals surface area contributed by atoms with Crippen molar-refractivity contribution in [1.82, 2.24) is 4.98 Å². The molecule has 0 spiro atoms. The van der Waals surface area contributed by atoms with Crippen LogP contribution in [0.4, 0.5) is 5.13 Å². The van der Waals surface area contributed by atoms with Crippen molar-refractivity contribution in [2.24, 2.45) is 0 Å². The summed E-state index contributed by atoms with van der Waals surface area (Å²) in [7, 11) is 0. The van der Waals surface area contributed by atoms with Crippen molar-refractivity contribution in [3.8, 4) is 5.75 Å². The van der Waals surface area contributed by atoms with Crippen LogP contribution in [0.2, 0.25) is 0 Å². The van der Waals surface area contributed by atoms with E-state index in [9.17, 15) is 14.7 Å². The van der Waals surface area contributed by atoms with Crippen LogP contribution in [-0.4, -0.2) is 28.4 Å². The van der Waals surface area contributed by atoms with E-state index in [4.69, 9.17) is 4.74 Å². The first-order valence-corrected chi connectivity index (χ1v) is 12.6. The summed E-state index contributed by atoms with van der Waals surface area (Å²) in [5, 5.41) is 11.8. The second-order valence-electron chi connectivity index (χ2n) is 8.96. The van der Waals surface area contributed by atoms with Gasteiger partial charge in [-0.05, 0) is 63.1 Å². The number of aromatic nitrogens is 1. The van der Waals surface area contributed by atoms with Crippen LogP contribution in [-0.2, 0) is 9.59 Å². The van der Waals surface area contributed by atoms with Crippen LogP contribution >= 0.6 is 11.3 Å². The van der Waals surface area contributed by atoms with Crippen LogP contribution in [0.25, 0.3) is 16.0 Å². The summed E-state index contributed by atoms with van der Waals surface area (Å²) in [4.78, 5) is 33.0. The van der Waals surface area contributed by atoms with Crippen LogP contribution in [0, 0.1) is 20.8 Å². The number of Topliss-reactive ketones (excluding diaryl/α,β-unsaturated/α-hetero) is 1. The largest absolute Gasteiger partial charge is 0.507 e. The van der Waals surface area contributed by atoms with Crippen molar-refractivity contribution < 1.29 is 19.4 Å². The molecule has 2 heterocycles. The van der Waals surface area contributed by atoms with E-state index in [2.05, 4.69) is 4.98 Å². The van der Waals surface area contributed by atoms with Crippen LogP contribution < -0.4 is 9.64 Å². The average Bonchev–Trinajstić information content (AvgIpc) is 3.39. The zero-order valence-corrected chi connectivity index (χ0v) is 21.3. The number of fused-ring (bicyclic) bond motifs is 1. The number of carbonyl (C=O) groups excluding carboxylic acids is 2. The van der Waals surface area contributed by atoms with E-state index in [1.165, 1.54) is 16.2 Å². The number of benzene rings is 3. The summed E-state index contributed by atoms with van der Waals surface area (Å²) in [5.74, 6) is -0.903. The Bertz CT molecular complexity index is 1530. The Morgan fingerprint density at radius 3 is 2.44 bits per heavy atom. The first-order chi connectivity index (χ1) is 17.3. The molecule has 5 rings (SSSR count). The Morgan fingerprint density at radius 2 is 1.72 bits per heavy atom. The third-order valence-corrected chi connectivity index (χ3v) is 7.37. The first kappa shape index (κ1) is 23.8. The molecule has 7 heteroatoms. The summed E-state index contributed by atoms with van der Waals surface area (Å²) in [6.45, 7) is 8.22. The second kappa shape index (κ2) is 9.24. The maximum Gasteiger partial charge on any atom is 0.301 e. The summed E-state index contributed by atoms with van der Waals surface area (Å²) >= 11 is 1.31. The van der Waals surface area contributed by atoms with Gasteiger partial charge in [0.2, 0.25) is 0 Å². The minimum absolute atomic E-state index is 0.0619. The number of aryl methyl sites for hydroxylation is 3. The molecule has 3 aromatic carbocycles. The molecule has 0 radical (unpaired) electrons. The number of hydrogen-bond acceptors (Lipinski definition) is 6. The predicted octanol–water partition coefficient (Wildman–Crippen LogP) is 6.25. The van der Waals surface area contributed by atoms with E-state index in [1.54, 1.807) is 0 Å². The zero-order valence-electron chi connectivity index (χ0n) is 20.5. The SMILES string of the molecule is CCOc1ccc2nc(N3C(=O)C(=O)/C(=C(/O)c4cc(C)ccc4C)C3c3ccc(C)cc3)sc2c1. The minimum atomic E-state index is -0.808. The van der Waals surface area contributed by atoms with E-state index in [0.717, 1.165) is 27.0 Å². The maximum atomic E-state index is 13.5. The molecule has 1 aromatic heterocycles. The topological polar surface area (TPSA) is 79.7 Å². The highest BCUT2D eigenvalue weighted by Crippen LogP contribution is 2.45. The van der Waals surface area contributed by atoms with Gasteiger partial charge in [-0.2, -0.15) is 0 Å². The molecule has 1 atom stereocenters. The van der Waals surface area contributed by atoms with E-state index in [1.807, 2.05) is 88.4 Å². The number of rotatable bonds is 5. The molecule has 1 saturated heterocycles. The number of amides is 1. The summed E-state index contributed by atoms with van der Waals surface area (Å²) in [5.41, 5.74) is 4.84. The Kier molecular flexibility index (Phi) is 6.10. The van der Waals surface area contributed by atoms with Gasteiger partial charge in [-0.1, -0.05) is 58.9 Å². The van der Waals surface area contributed by atoms with Gasteiger partial charge in [0.15, 0.2) is 5.13 Å². The van der Waals surface area contributed by atoms with Gasteiger partial charge < -0.3 is 9.84 Å². The van der Waals surface area contributed by atoms with E-state index in [-0.39, 0.29) is 11.3 Å². The predicted molar refractivity (Wildman–Crippen MR) is 143 cm³/mol. The fraction of sp³-hybridized carbons (Fsp3) is 0.207. The molecule has 0 saturated carbocycles. The van der Waals surface area contributed by atoms with E-state index < -0.39 is 17.7 Å². The Hall–Kier alpha value is -3.97. The summed E-state index contributed by atoms with van der Waals surface area (Å²) in [6, 6.07) is 18.0. The minimum Gasteiger partial charge on any atom is -0.507 e. The number of carbonyl (C=O) groups is 2. The van der Waals surface area contributed by atoms with Gasteiger partial charge in [-0.3, -0.25) is 14.5 Å². The average molecular weight is 499 g/mol. The number of thiazole rings is 1. The Morgan fingerprint density at radius 1 is 1.00 bits per heavy atom. The van der Waals surface area contributed by atoms with Crippen molar-refractivity contribution in [3.05, 3.63) is 94.1 Å².